The molecular formula is C12H14ClF3N2O2S. The van der Waals surface area contributed by atoms with Gasteiger partial charge in [-0.3, -0.25) is 0 Å². The molecule has 1 N–H and O–H groups in total. The van der Waals surface area contributed by atoms with E-state index < -0.39 is 28.2 Å². The van der Waals surface area contributed by atoms with Crippen LogP contribution in [0.1, 0.15) is 25.7 Å². The Bertz CT molecular complexity index is 590. The molecule has 9 heteroatoms. The summed E-state index contributed by atoms with van der Waals surface area (Å²) < 4.78 is 65.3. The van der Waals surface area contributed by atoms with E-state index in [4.69, 9.17) is 11.6 Å². The van der Waals surface area contributed by atoms with E-state index in [-0.39, 0.29) is 22.9 Å². The Balaban J connectivity index is 2.20. The first kappa shape index (κ1) is 16.5. The molecule has 4 nitrogen and oxygen atoms in total. The number of halogens is 4. The van der Waals surface area contributed by atoms with Gasteiger partial charge in [-0.2, -0.15) is 13.2 Å². The number of hydrogen-bond donors (Lipinski definition) is 1. The third-order valence-electron chi connectivity index (χ3n) is 3.50. The summed E-state index contributed by atoms with van der Waals surface area (Å²) in [5.41, 5.74) is 0. The largest absolute Gasteiger partial charge is 0.393 e. The monoisotopic (exact) mass is 342 g/mol. The predicted molar refractivity (Wildman–Crippen MR) is 71.4 cm³/mol. The second-order valence-corrected chi connectivity index (χ2v) is 7.08. The molecule has 1 saturated carbocycles. The van der Waals surface area contributed by atoms with Gasteiger partial charge in [-0.15, -0.1) is 0 Å². The maximum atomic E-state index is 13.0. The first-order valence-electron chi connectivity index (χ1n) is 6.41. The van der Waals surface area contributed by atoms with Gasteiger partial charge < -0.3 is 0 Å². The fourth-order valence-corrected chi connectivity index (χ4v) is 3.82. The van der Waals surface area contributed by atoms with Gasteiger partial charge in [-0.05, 0) is 25.0 Å². The molecule has 2 atom stereocenters. The number of sulfonamides is 1. The predicted octanol–water partition coefficient (Wildman–Crippen LogP) is 3.13. The zero-order chi connectivity index (χ0) is 15.7. The number of nitrogens with one attached hydrogen (secondary N) is 1. The van der Waals surface area contributed by atoms with Crippen LogP contribution in [0.15, 0.2) is 23.2 Å². The molecule has 1 heterocycles. The summed E-state index contributed by atoms with van der Waals surface area (Å²) in [5, 5.41) is 0.111. The average Bonchev–Trinajstić information content (AvgIpc) is 2.38. The summed E-state index contributed by atoms with van der Waals surface area (Å²) in [7, 11) is -4.04. The smallest absolute Gasteiger partial charge is 0.243 e. The van der Waals surface area contributed by atoms with Gasteiger partial charge in [0.1, 0.15) is 10.0 Å². The highest BCUT2D eigenvalue weighted by Gasteiger charge is 2.46. The van der Waals surface area contributed by atoms with Gasteiger partial charge in [0, 0.05) is 12.2 Å². The van der Waals surface area contributed by atoms with Crippen LogP contribution in [0.2, 0.25) is 5.15 Å². The topological polar surface area (TPSA) is 59.1 Å². The van der Waals surface area contributed by atoms with Crippen LogP contribution in [-0.4, -0.2) is 25.6 Å². The number of rotatable bonds is 3. The summed E-state index contributed by atoms with van der Waals surface area (Å²) in [6, 6.07) is 1.35. The summed E-state index contributed by atoms with van der Waals surface area (Å²) in [5.74, 6) is -1.65. The fraction of sp³-hybridized carbons (Fsp3) is 0.583. The van der Waals surface area contributed by atoms with E-state index in [1.807, 2.05) is 0 Å². The number of nitrogens with zero attached hydrogens (tertiary/aromatic N) is 1. The fourth-order valence-electron chi connectivity index (χ4n) is 2.45. The molecule has 1 aliphatic rings. The van der Waals surface area contributed by atoms with Crippen molar-refractivity contribution in [2.45, 2.75) is 42.8 Å². The summed E-state index contributed by atoms with van der Waals surface area (Å²) in [6.07, 6.45) is -2.26. The Morgan fingerprint density at radius 2 is 1.90 bits per heavy atom. The lowest BCUT2D eigenvalue weighted by molar-refractivity contribution is -0.187. The van der Waals surface area contributed by atoms with Gasteiger partial charge in [-0.25, -0.2) is 18.1 Å². The Kier molecular flexibility index (Phi) is 4.79. The molecule has 21 heavy (non-hydrogen) atoms. The number of pyridine rings is 1. The second-order valence-electron chi connectivity index (χ2n) is 4.98. The van der Waals surface area contributed by atoms with Crippen molar-refractivity contribution < 1.29 is 21.6 Å². The molecule has 0 bridgehead atoms. The molecular weight excluding hydrogens is 329 g/mol. The minimum absolute atomic E-state index is 0.0600. The van der Waals surface area contributed by atoms with Crippen molar-refractivity contribution in [1.29, 1.82) is 0 Å². The summed E-state index contributed by atoms with van der Waals surface area (Å²) >= 11 is 5.56. The molecule has 1 aliphatic carbocycles. The van der Waals surface area contributed by atoms with E-state index in [1.54, 1.807) is 0 Å². The average molecular weight is 343 g/mol. The van der Waals surface area contributed by atoms with E-state index in [2.05, 4.69) is 9.71 Å². The minimum atomic E-state index is -4.41. The maximum absolute atomic E-state index is 13.0. The van der Waals surface area contributed by atoms with Crippen LogP contribution in [0.4, 0.5) is 13.2 Å². The third kappa shape index (κ3) is 4.08. The standard InChI is InChI=1S/C12H14ClF3N2O2S/c13-11-6-5-8(7-17-11)21(19,20)18-10-4-2-1-3-9(10)12(14,15)16/h5-7,9-10,18H,1-4H2. The lowest BCUT2D eigenvalue weighted by atomic mass is 9.85. The molecule has 2 unspecified atom stereocenters. The first-order valence-corrected chi connectivity index (χ1v) is 8.27. The summed E-state index contributed by atoms with van der Waals surface area (Å²) in [6.45, 7) is 0. The highest BCUT2D eigenvalue weighted by molar-refractivity contribution is 7.89. The van der Waals surface area contributed by atoms with Gasteiger partial charge in [0.2, 0.25) is 10.0 Å². The Hall–Kier alpha value is -0.860. The SMILES string of the molecule is O=S(=O)(NC1CCCCC1C(F)(F)F)c1ccc(Cl)nc1. The molecule has 0 amide bonds. The number of aromatic nitrogens is 1. The highest BCUT2D eigenvalue weighted by Crippen LogP contribution is 2.38. The zero-order valence-electron chi connectivity index (χ0n) is 10.9. The molecule has 118 valence electrons. The van der Waals surface area contributed by atoms with Gasteiger partial charge >= 0.3 is 6.18 Å². The van der Waals surface area contributed by atoms with Gasteiger partial charge in [0.15, 0.2) is 0 Å². The van der Waals surface area contributed by atoms with E-state index >= 15 is 0 Å². The number of hydrogen-bond acceptors (Lipinski definition) is 3. The summed E-state index contributed by atoms with van der Waals surface area (Å²) in [4.78, 5) is 3.43. The molecule has 0 aromatic carbocycles. The van der Waals surface area contributed by atoms with Crippen LogP contribution < -0.4 is 4.72 Å². The number of alkyl halides is 3. The molecule has 2 rings (SSSR count). The van der Waals surface area contributed by atoms with Crippen molar-refractivity contribution in [3.63, 3.8) is 0 Å². The molecule has 1 aromatic rings. The molecule has 0 radical (unpaired) electrons. The van der Waals surface area contributed by atoms with E-state index in [0.29, 0.717) is 12.8 Å². The van der Waals surface area contributed by atoms with E-state index in [0.717, 1.165) is 6.20 Å². The maximum Gasteiger partial charge on any atom is 0.393 e. The van der Waals surface area contributed by atoms with Crippen molar-refractivity contribution >= 4 is 21.6 Å². The van der Waals surface area contributed by atoms with Crippen molar-refractivity contribution in [2.75, 3.05) is 0 Å². The molecule has 0 aliphatic heterocycles. The quantitative estimate of drug-likeness (QED) is 0.858. The van der Waals surface area contributed by atoms with Crippen molar-refractivity contribution in [3.8, 4) is 0 Å². The Labute approximate surface area is 125 Å². The van der Waals surface area contributed by atoms with Gasteiger partial charge in [-0.1, -0.05) is 24.4 Å². The van der Waals surface area contributed by atoms with Crippen LogP contribution in [0.5, 0.6) is 0 Å². The van der Waals surface area contributed by atoms with Crippen LogP contribution >= 0.6 is 11.6 Å². The third-order valence-corrected chi connectivity index (χ3v) is 5.20. The van der Waals surface area contributed by atoms with Crippen LogP contribution in [0.3, 0.4) is 0 Å². The molecule has 0 spiro atoms. The van der Waals surface area contributed by atoms with Crippen molar-refractivity contribution in [2.24, 2.45) is 5.92 Å². The lowest BCUT2D eigenvalue weighted by Crippen LogP contribution is -2.47. The lowest BCUT2D eigenvalue weighted by Gasteiger charge is -2.33. The zero-order valence-corrected chi connectivity index (χ0v) is 12.5. The Morgan fingerprint density at radius 1 is 1.24 bits per heavy atom. The molecule has 1 aromatic heterocycles. The second kappa shape index (κ2) is 6.10. The van der Waals surface area contributed by atoms with Crippen molar-refractivity contribution in [3.05, 3.63) is 23.5 Å². The van der Waals surface area contributed by atoms with Gasteiger partial charge in [0.25, 0.3) is 0 Å². The molecule has 1 fully saturated rings. The minimum Gasteiger partial charge on any atom is -0.243 e. The molecule has 0 saturated heterocycles. The first-order chi connectivity index (χ1) is 9.70. The van der Waals surface area contributed by atoms with Gasteiger partial charge in [0.05, 0.1) is 5.92 Å². The normalized spacial score (nSPS) is 24.0. The van der Waals surface area contributed by atoms with Crippen molar-refractivity contribution in [1.82, 2.24) is 9.71 Å². The highest BCUT2D eigenvalue weighted by atomic mass is 35.5. The van der Waals surface area contributed by atoms with Crippen LogP contribution in [0.25, 0.3) is 0 Å². The van der Waals surface area contributed by atoms with Crippen LogP contribution in [0, 0.1) is 5.92 Å². The Morgan fingerprint density at radius 3 is 2.48 bits per heavy atom. The van der Waals surface area contributed by atoms with Crippen LogP contribution in [-0.2, 0) is 10.0 Å². The van der Waals surface area contributed by atoms with E-state index in [1.165, 1.54) is 12.1 Å². The van der Waals surface area contributed by atoms with E-state index in [9.17, 15) is 21.6 Å².